The van der Waals surface area contributed by atoms with E-state index >= 15 is 0 Å². The van der Waals surface area contributed by atoms with Crippen molar-refractivity contribution >= 4 is 17.3 Å². The van der Waals surface area contributed by atoms with Gasteiger partial charge in [-0.15, -0.1) is 16.4 Å². The number of hydrogen-bond acceptors (Lipinski definition) is 6. The van der Waals surface area contributed by atoms with Crippen molar-refractivity contribution in [1.29, 1.82) is 0 Å². The van der Waals surface area contributed by atoms with E-state index < -0.39 is 5.97 Å². The maximum atomic E-state index is 11.0. The molecule has 2 aromatic rings. The van der Waals surface area contributed by atoms with E-state index in [1.165, 1.54) is 11.3 Å². The molecule has 0 radical (unpaired) electrons. The fourth-order valence-electron chi connectivity index (χ4n) is 1.84. The summed E-state index contributed by atoms with van der Waals surface area (Å²) in [5, 5.41) is 23.3. The van der Waals surface area contributed by atoms with Crippen molar-refractivity contribution in [3.8, 4) is 11.5 Å². The van der Waals surface area contributed by atoms with Gasteiger partial charge in [0, 0.05) is 5.38 Å². The molecule has 0 spiro atoms. The number of carboxylic acid groups (broad SMARTS) is 1. The van der Waals surface area contributed by atoms with Crippen LogP contribution in [0, 0.1) is 12.8 Å². The molecule has 0 bridgehead atoms. The molecule has 19 heavy (non-hydrogen) atoms. The maximum absolute atomic E-state index is 11.0. The molecule has 0 fully saturated rings. The van der Waals surface area contributed by atoms with Gasteiger partial charge in [0.2, 0.25) is 5.82 Å². The standard InChI is InChI=1S/C11H15N5O2S/c1-6(2)9(4-10(17)18)16-11(13-14-15-16)8-5-19-7(3)12-8/h5-6,9H,4H2,1-3H3,(H,17,18). The fraction of sp³-hybridized carbons (Fsp3) is 0.545. The van der Waals surface area contributed by atoms with Crippen LogP contribution in [0.5, 0.6) is 0 Å². The third kappa shape index (κ3) is 2.95. The fourth-order valence-corrected chi connectivity index (χ4v) is 2.43. The van der Waals surface area contributed by atoms with Crippen molar-refractivity contribution in [3.05, 3.63) is 10.4 Å². The molecule has 2 rings (SSSR count). The first-order chi connectivity index (χ1) is 8.99. The predicted octanol–water partition coefficient (Wildman–Crippen LogP) is 1.78. The van der Waals surface area contributed by atoms with E-state index in [0.29, 0.717) is 11.5 Å². The number of aliphatic carboxylic acids is 1. The topological polar surface area (TPSA) is 93.8 Å². The molecule has 1 unspecified atom stereocenters. The normalized spacial score (nSPS) is 12.8. The van der Waals surface area contributed by atoms with Gasteiger partial charge in [-0.1, -0.05) is 13.8 Å². The second kappa shape index (κ2) is 5.43. The Kier molecular flexibility index (Phi) is 3.89. The number of aryl methyl sites for hydroxylation is 1. The highest BCUT2D eigenvalue weighted by Crippen LogP contribution is 2.26. The van der Waals surface area contributed by atoms with E-state index in [2.05, 4.69) is 20.5 Å². The number of nitrogens with zero attached hydrogens (tertiary/aromatic N) is 5. The molecule has 0 aliphatic heterocycles. The number of thiazole rings is 1. The van der Waals surface area contributed by atoms with Gasteiger partial charge in [-0.25, -0.2) is 9.67 Å². The lowest BCUT2D eigenvalue weighted by Crippen LogP contribution is -2.21. The molecular formula is C11H15N5O2S. The molecule has 0 aliphatic carbocycles. The Bertz CT molecular complexity index is 577. The summed E-state index contributed by atoms with van der Waals surface area (Å²) in [6, 6.07) is -0.287. The van der Waals surface area contributed by atoms with E-state index in [9.17, 15) is 4.79 Å². The van der Waals surface area contributed by atoms with Crippen LogP contribution in [0.3, 0.4) is 0 Å². The van der Waals surface area contributed by atoms with E-state index in [0.717, 1.165) is 5.01 Å². The molecule has 0 amide bonds. The van der Waals surface area contributed by atoms with Crippen molar-refractivity contribution < 1.29 is 9.90 Å². The summed E-state index contributed by atoms with van der Waals surface area (Å²) in [5.41, 5.74) is 0.684. The first-order valence-electron chi connectivity index (χ1n) is 5.91. The molecule has 2 heterocycles. The van der Waals surface area contributed by atoms with Gasteiger partial charge in [-0.2, -0.15) is 0 Å². The minimum atomic E-state index is -0.866. The van der Waals surface area contributed by atoms with Crippen LogP contribution in [-0.4, -0.2) is 36.3 Å². The summed E-state index contributed by atoms with van der Waals surface area (Å²) in [4.78, 5) is 15.3. The largest absolute Gasteiger partial charge is 0.481 e. The summed E-state index contributed by atoms with van der Waals surface area (Å²) >= 11 is 1.51. The Morgan fingerprint density at radius 2 is 2.26 bits per heavy atom. The van der Waals surface area contributed by atoms with Crippen molar-refractivity contribution in [2.24, 2.45) is 5.92 Å². The smallest absolute Gasteiger partial charge is 0.305 e. The van der Waals surface area contributed by atoms with Gasteiger partial charge in [0.1, 0.15) is 5.69 Å². The van der Waals surface area contributed by atoms with E-state index in [4.69, 9.17) is 5.11 Å². The molecule has 102 valence electrons. The van der Waals surface area contributed by atoms with E-state index in [1.807, 2.05) is 26.2 Å². The van der Waals surface area contributed by atoms with Crippen LogP contribution in [0.2, 0.25) is 0 Å². The van der Waals surface area contributed by atoms with E-state index in [-0.39, 0.29) is 18.4 Å². The van der Waals surface area contributed by atoms with Gasteiger partial charge in [0.05, 0.1) is 17.5 Å². The molecule has 2 aromatic heterocycles. The molecule has 7 nitrogen and oxygen atoms in total. The minimum absolute atomic E-state index is 0.0151. The van der Waals surface area contributed by atoms with Gasteiger partial charge in [-0.3, -0.25) is 4.79 Å². The Morgan fingerprint density at radius 1 is 1.53 bits per heavy atom. The van der Waals surface area contributed by atoms with Crippen LogP contribution in [-0.2, 0) is 4.79 Å². The number of rotatable bonds is 5. The third-order valence-corrected chi connectivity index (χ3v) is 3.58. The monoisotopic (exact) mass is 281 g/mol. The van der Waals surface area contributed by atoms with Gasteiger partial charge in [0.25, 0.3) is 0 Å². The zero-order valence-electron chi connectivity index (χ0n) is 10.9. The second-order valence-electron chi connectivity index (χ2n) is 4.61. The average molecular weight is 281 g/mol. The zero-order chi connectivity index (χ0) is 14.0. The maximum Gasteiger partial charge on any atom is 0.305 e. The third-order valence-electron chi connectivity index (χ3n) is 2.81. The Hall–Kier alpha value is -1.83. The number of carbonyl (C=O) groups is 1. The first-order valence-corrected chi connectivity index (χ1v) is 6.79. The van der Waals surface area contributed by atoms with Crippen molar-refractivity contribution in [3.63, 3.8) is 0 Å². The zero-order valence-corrected chi connectivity index (χ0v) is 11.8. The van der Waals surface area contributed by atoms with Crippen molar-refractivity contribution in [2.45, 2.75) is 33.2 Å². The molecule has 0 aliphatic rings. The predicted molar refractivity (Wildman–Crippen MR) is 69.8 cm³/mol. The van der Waals surface area contributed by atoms with Crippen molar-refractivity contribution in [2.75, 3.05) is 0 Å². The molecule has 1 N–H and O–H groups in total. The molecular weight excluding hydrogens is 266 g/mol. The summed E-state index contributed by atoms with van der Waals surface area (Å²) in [6.07, 6.45) is -0.0151. The van der Waals surface area contributed by atoms with Crippen LogP contribution in [0.25, 0.3) is 11.5 Å². The lowest BCUT2D eigenvalue weighted by atomic mass is 10.0. The molecule has 0 saturated heterocycles. The summed E-state index contributed by atoms with van der Waals surface area (Å²) < 4.78 is 1.56. The lowest BCUT2D eigenvalue weighted by Gasteiger charge is -2.19. The second-order valence-corrected chi connectivity index (χ2v) is 5.67. The molecule has 1 atom stereocenters. The molecule has 0 aromatic carbocycles. The number of carboxylic acids is 1. The van der Waals surface area contributed by atoms with E-state index in [1.54, 1.807) is 4.68 Å². The molecule has 8 heteroatoms. The minimum Gasteiger partial charge on any atom is -0.481 e. The Morgan fingerprint density at radius 3 is 2.79 bits per heavy atom. The van der Waals surface area contributed by atoms with Crippen molar-refractivity contribution in [1.82, 2.24) is 25.2 Å². The van der Waals surface area contributed by atoms with Crippen LogP contribution in [0.15, 0.2) is 5.38 Å². The summed E-state index contributed by atoms with van der Waals surface area (Å²) in [7, 11) is 0. The highest BCUT2D eigenvalue weighted by molar-refractivity contribution is 7.09. The van der Waals surface area contributed by atoms with Crippen LogP contribution in [0.1, 0.15) is 31.3 Å². The van der Waals surface area contributed by atoms with Crippen LogP contribution < -0.4 is 0 Å². The Labute approximate surface area is 114 Å². The number of tetrazole rings is 1. The van der Waals surface area contributed by atoms with Gasteiger partial charge in [-0.05, 0) is 23.3 Å². The highest BCUT2D eigenvalue weighted by atomic mass is 32.1. The average Bonchev–Trinajstić information content (AvgIpc) is 2.93. The molecule has 0 saturated carbocycles. The number of aromatic nitrogens is 5. The van der Waals surface area contributed by atoms with Gasteiger partial charge in [0.15, 0.2) is 0 Å². The first kappa shape index (κ1) is 13.6. The summed E-state index contributed by atoms with van der Waals surface area (Å²) in [6.45, 7) is 5.80. The van der Waals surface area contributed by atoms with Gasteiger partial charge < -0.3 is 5.11 Å². The quantitative estimate of drug-likeness (QED) is 0.897. The number of hydrogen-bond donors (Lipinski definition) is 1. The lowest BCUT2D eigenvalue weighted by molar-refractivity contribution is -0.138. The SMILES string of the molecule is Cc1nc(-c2nnnn2C(CC(=O)O)C(C)C)cs1. The van der Waals surface area contributed by atoms with Gasteiger partial charge >= 0.3 is 5.97 Å². The summed E-state index contributed by atoms with van der Waals surface area (Å²) in [5.74, 6) is -0.239. The van der Waals surface area contributed by atoms with Crippen LogP contribution in [0.4, 0.5) is 0 Å². The van der Waals surface area contributed by atoms with Crippen LogP contribution >= 0.6 is 11.3 Å². The highest BCUT2D eigenvalue weighted by Gasteiger charge is 2.25. The Balaban J connectivity index is 2.39.